The van der Waals surface area contributed by atoms with Crippen LogP contribution in [0.5, 0.6) is 11.5 Å². The van der Waals surface area contributed by atoms with Gasteiger partial charge in [0.15, 0.2) is 11.5 Å². The number of ether oxygens (including phenoxy) is 1. The summed E-state index contributed by atoms with van der Waals surface area (Å²) in [5.41, 5.74) is -2.56. The van der Waals surface area contributed by atoms with Crippen LogP contribution in [0.25, 0.3) is 0 Å². The highest BCUT2D eigenvalue weighted by Crippen LogP contribution is 2.38. The van der Waals surface area contributed by atoms with Gasteiger partial charge in [0.25, 0.3) is 5.56 Å². The molecule has 11 heteroatoms. The van der Waals surface area contributed by atoms with Crippen LogP contribution in [0, 0.1) is 17.2 Å². The molecule has 188 valence electrons. The number of alkyl halides is 2. The molecular formula is C25H23ClF2N4O4. The molecular weight excluding hydrogens is 494 g/mol. The van der Waals surface area contributed by atoms with E-state index in [1.165, 1.54) is 18.2 Å². The molecule has 0 spiro atoms. The fourth-order valence-electron chi connectivity index (χ4n) is 3.52. The van der Waals surface area contributed by atoms with E-state index in [0.29, 0.717) is 13.0 Å². The van der Waals surface area contributed by atoms with Gasteiger partial charge in [0, 0.05) is 23.6 Å². The van der Waals surface area contributed by atoms with Gasteiger partial charge < -0.3 is 10.1 Å². The quantitative estimate of drug-likeness (QED) is 0.573. The molecule has 1 aromatic heterocycles. The largest absolute Gasteiger partial charge is 0.449 e. The van der Waals surface area contributed by atoms with Crippen LogP contribution >= 0.6 is 11.6 Å². The van der Waals surface area contributed by atoms with Gasteiger partial charge in [-0.1, -0.05) is 25.1 Å². The molecule has 2 aromatic rings. The second kappa shape index (κ2) is 10.8. The summed E-state index contributed by atoms with van der Waals surface area (Å²) < 4.78 is 36.3. The molecule has 1 aliphatic heterocycles. The number of amides is 1. The molecule has 0 radical (unpaired) electrons. The van der Waals surface area contributed by atoms with Crippen LogP contribution in [-0.2, 0) is 22.1 Å². The van der Waals surface area contributed by atoms with Gasteiger partial charge >= 0.3 is 5.92 Å². The van der Waals surface area contributed by atoms with Crippen molar-refractivity contribution in [2.24, 2.45) is 5.92 Å². The average Bonchev–Trinajstić information content (AvgIpc) is 2.85. The van der Waals surface area contributed by atoms with E-state index in [-0.39, 0.29) is 40.0 Å². The van der Waals surface area contributed by atoms with Gasteiger partial charge in [-0.05, 0) is 49.1 Å². The zero-order valence-corrected chi connectivity index (χ0v) is 20.4. The molecule has 1 atom stereocenters. The van der Waals surface area contributed by atoms with E-state index in [1.807, 2.05) is 13.0 Å². The van der Waals surface area contributed by atoms with Gasteiger partial charge in [-0.15, -0.1) is 0 Å². The second-order valence-electron chi connectivity index (χ2n) is 8.59. The minimum absolute atomic E-state index is 0.0297. The summed E-state index contributed by atoms with van der Waals surface area (Å²) in [6.45, 7) is 6.16. The first-order valence-corrected chi connectivity index (χ1v) is 11.3. The normalized spacial score (nSPS) is 16.7. The Kier molecular flexibility index (Phi) is 8.05. The number of rotatable bonds is 6. The lowest BCUT2D eigenvalue weighted by molar-refractivity contribution is -0.118. The Labute approximate surface area is 210 Å². The molecule has 0 saturated carbocycles. The van der Waals surface area contributed by atoms with E-state index in [1.54, 1.807) is 0 Å². The first-order valence-electron chi connectivity index (χ1n) is 11.0. The third-order valence-corrected chi connectivity index (χ3v) is 5.71. The third-order valence-electron chi connectivity index (χ3n) is 5.49. The number of nitriles is 1. The number of halogens is 3. The smallest absolute Gasteiger partial charge is 0.314 e. The summed E-state index contributed by atoms with van der Waals surface area (Å²) >= 11 is 5.98. The summed E-state index contributed by atoms with van der Waals surface area (Å²) in [6.07, 6.45) is 2.83. The Hall–Kier alpha value is -3.84. The van der Waals surface area contributed by atoms with Gasteiger partial charge in [-0.2, -0.15) is 14.0 Å². The number of hydrogen-bond acceptors (Lipinski definition) is 6. The predicted molar refractivity (Wildman–Crippen MR) is 128 cm³/mol. The average molecular weight is 517 g/mol. The van der Waals surface area contributed by atoms with Gasteiger partial charge in [0.05, 0.1) is 24.5 Å². The highest BCUT2D eigenvalue weighted by atomic mass is 35.5. The lowest BCUT2D eigenvalue weighted by atomic mass is 10.0. The monoisotopic (exact) mass is 516 g/mol. The molecule has 2 heterocycles. The Bertz CT molecular complexity index is 1360. The molecule has 1 amide bonds. The van der Waals surface area contributed by atoms with Crippen molar-refractivity contribution in [3.63, 3.8) is 0 Å². The number of aromatic nitrogens is 2. The number of carbonyl (C=O) groups excluding carboxylic acids is 2. The van der Waals surface area contributed by atoms with Gasteiger partial charge in [0.2, 0.25) is 11.7 Å². The van der Waals surface area contributed by atoms with Gasteiger partial charge in [-0.3, -0.25) is 19.0 Å². The second-order valence-corrected chi connectivity index (χ2v) is 9.03. The molecule has 0 aliphatic carbocycles. The molecule has 0 fully saturated rings. The van der Waals surface area contributed by atoms with Crippen LogP contribution in [-0.4, -0.2) is 27.8 Å². The lowest BCUT2D eigenvalue weighted by Crippen LogP contribution is -2.32. The number of carbonyl (C=O) groups is 2. The molecule has 1 N–H and O–H groups in total. The van der Waals surface area contributed by atoms with Crippen LogP contribution in [0.2, 0.25) is 5.02 Å². The first kappa shape index (κ1) is 26.8. The summed E-state index contributed by atoms with van der Waals surface area (Å²) in [5, 5.41) is 11.9. The molecule has 3 rings (SSSR count). The fourth-order valence-corrected chi connectivity index (χ4v) is 3.74. The topological polar surface area (TPSA) is 114 Å². The van der Waals surface area contributed by atoms with Crippen molar-refractivity contribution in [1.82, 2.24) is 14.9 Å². The third kappa shape index (κ3) is 6.04. The summed E-state index contributed by atoms with van der Waals surface area (Å²) in [6, 6.07) is 5.66. The maximum Gasteiger partial charge on any atom is 0.314 e. The van der Waals surface area contributed by atoms with Crippen LogP contribution in [0.4, 0.5) is 8.78 Å². The van der Waals surface area contributed by atoms with E-state index in [4.69, 9.17) is 16.3 Å². The zero-order valence-electron chi connectivity index (χ0n) is 19.6. The maximum absolute atomic E-state index is 14.9. The molecule has 1 aromatic carbocycles. The van der Waals surface area contributed by atoms with Crippen molar-refractivity contribution < 1.29 is 23.1 Å². The highest BCUT2D eigenvalue weighted by Gasteiger charge is 2.39. The Balaban J connectivity index is 2.12. The number of nitrogens with zero attached hydrogens (tertiary/aromatic N) is 3. The highest BCUT2D eigenvalue weighted by molar-refractivity contribution is 6.30. The minimum atomic E-state index is -3.73. The van der Waals surface area contributed by atoms with Gasteiger partial charge in [-0.25, -0.2) is 4.98 Å². The maximum atomic E-state index is 14.9. The van der Waals surface area contributed by atoms with Crippen molar-refractivity contribution in [2.45, 2.75) is 39.2 Å². The van der Waals surface area contributed by atoms with Crippen molar-refractivity contribution in [1.29, 1.82) is 5.26 Å². The van der Waals surface area contributed by atoms with Gasteiger partial charge in [0.1, 0.15) is 5.75 Å². The van der Waals surface area contributed by atoms with E-state index in [2.05, 4.69) is 16.9 Å². The number of nitrogens with one attached hydrogen (secondary N) is 1. The summed E-state index contributed by atoms with van der Waals surface area (Å²) in [5.74, 6) is -5.50. The Morgan fingerprint density at radius 1 is 1.36 bits per heavy atom. The Morgan fingerprint density at radius 2 is 2.08 bits per heavy atom. The molecule has 0 saturated heterocycles. The number of allylic oxidation sites excluding steroid dienone is 2. The van der Waals surface area contributed by atoms with Crippen molar-refractivity contribution in [2.75, 3.05) is 6.54 Å². The van der Waals surface area contributed by atoms with E-state index in [9.17, 15) is 28.4 Å². The van der Waals surface area contributed by atoms with Crippen LogP contribution in [0.3, 0.4) is 0 Å². The van der Waals surface area contributed by atoms with Crippen LogP contribution in [0.15, 0.2) is 53.1 Å². The van der Waals surface area contributed by atoms with Crippen molar-refractivity contribution in [3.05, 3.63) is 75.0 Å². The zero-order chi connectivity index (χ0) is 26.6. The molecule has 36 heavy (non-hydrogen) atoms. The predicted octanol–water partition coefficient (Wildman–Crippen LogP) is 4.27. The van der Waals surface area contributed by atoms with E-state index < -0.39 is 41.0 Å². The summed E-state index contributed by atoms with van der Waals surface area (Å²) in [4.78, 5) is 42.1. The number of hydrogen-bond donors (Lipinski definition) is 1. The van der Waals surface area contributed by atoms with Crippen molar-refractivity contribution in [3.8, 4) is 17.6 Å². The van der Waals surface area contributed by atoms with E-state index >= 15 is 0 Å². The standard InChI is InChI=1S/C25H23ClF2N4O4/c1-14(2)25(27,28)22-21(36-20-8-16(11-29)7-18(26)10-20)24(35)32(13-31-22)12-17-9-19(33)6-15(3)4-5-30-23(17)34/h7-10,13,15H,1,4-6,12H2,2-3H3,(H,30,34). The van der Waals surface area contributed by atoms with Crippen LogP contribution < -0.4 is 15.6 Å². The SMILES string of the molecule is C=C(C)C(F)(F)c1ncn(CC2=CC(=O)CC(C)CCNC2=O)c(=O)c1Oc1cc(Cl)cc(C#N)c1. The fraction of sp³-hybridized carbons (Fsp3) is 0.320. The first-order chi connectivity index (χ1) is 16.9. The molecule has 1 aliphatic rings. The molecule has 0 bridgehead atoms. The molecule has 8 nitrogen and oxygen atoms in total. The van der Waals surface area contributed by atoms with E-state index in [0.717, 1.165) is 23.9 Å². The summed E-state index contributed by atoms with van der Waals surface area (Å²) in [7, 11) is 0. The van der Waals surface area contributed by atoms with Crippen molar-refractivity contribution >= 4 is 23.3 Å². The molecule has 1 unspecified atom stereocenters. The van der Waals surface area contributed by atoms with Crippen LogP contribution in [0.1, 0.15) is 37.9 Å². The lowest BCUT2D eigenvalue weighted by Gasteiger charge is -2.20. The number of ketones is 1. The number of benzene rings is 1. The minimum Gasteiger partial charge on any atom is -0.449 e. The Morgan fingerprint density at radius 3 is 2.75 bits per heavy atom.